The van der Waals surface area contributed by atoms with Crippen molar-refractivity contribution in [1.29, 1.82) is 0 Å². The Bertz CT molecular complexity index is 2740. The second-order valence-corrected chi connectivity index (χ2v) is 34.0. The number of benzene rings is 5. The molecule has 5 aromatic rings. The predicted octanol–water partition coefficient (Wildman–Crippen LogP) is 31.4. The monoisotopic (exact) mass is 1380 g/mol. The summed E-state index contributed by atoms with van der Waals surface area (Å²) in [5.74, 6) is 11.9. The fourth-order valence-corrected chi connectivity index (χ4v) is 16.9. The van der Waals surface area contributed by atoms with Crippen LogP contribution in [0.5, 0.6) is 23.0 Å². The van der Waals surface area contributed by atoms with Gasteiger partial charge in [-0.25, -0.2) is 0 Å². The molecule has 4 nitrogen and oxygen atoms in total. The zero-order chi connectivity index (χ0) is 72.3. The summed E-state index contributed by atoms with van der Waals surface area (Å²) >= 11 is 0. The summed E-state index contributed by atoms with van der Waals surface area (Å²) in [5.41, 5.74) is 4.81. The lowest BCUT2D eigenvalue weighted by molar-refractivity contribution is 0.208. The van der Waals surface area contributed by atoms with Gasteiger partial charge in [0.05, 0.1) is 26.4 Å². The number of hydrogen-bond acceptors (Lipinski definition) is 4. The fourth-order valence-electron chi connectivity index (χ4n) is 16.9. The number of rotatable bonds is 60. The first kappa shape index (κ1) is 86.5. The first-order valence-corrected chi connectivity index (χ1v) is 43.3. The molecule has 0 N–H and O–H groups in total. The van der Waals surface area contributed by atoms with Crippen LogP contribution in [0.2, 0.25) is 0 Å². The summed E-state index contributed by atoms with van der Waals surface area (Å²) < 4.78 is 29.1. The van der Waals surface area contributed by atoms with Crippen LogP contribution >= 0.6 is 0 Å². The topological polar surface area (TPSA) is 36.9 Å². The molecule has 0 aliphatic heterocycles. The Hall–Kier alpha value is -4.18. The van der Waals surface area contributed by atoms with E-state index < -0.39 is 0 Å². The predicted molar refractivity (Wildman–Crippen MR) is 442 cm³/mol. The first-order chi connectivity index (χ1) is 48.5. The van der Waals surface area contributed by atoms with Crippen LogP contribution in [0.25, 0.3) is 43.8 Å². The Labute approximate surface area is 619 Å². The Morgan fingerprint density at radius 1 is 0.230 bits per heavy atom. The van der Waals surface area contributed by atoms with Gasteiger partial charge in [-0.3, -0.25) is 0 Å². The fraction of sp³-hybridized carbons (Fsp3) is 0.729. The van der Waals surface area contributed by atoms with Crippen LogP contribution < -0.4 is 18.9 Å². The maximum Gasteiger partial charge on any atom is 0.123 e. The molecule has 0 bridgehead atoms. The summed E-state index contributed by atoms with van der Waals surface area (Å²) in [5, 5.41) is 4.96. The lowest BCUT2D eigenvalue weighted by atomic mass is 9.85. The van der Waals surface area contributed by atoms with Crippen LogP contribution in [-0.4, -0.2) is 26.4 Å². The summed E-state index contributed by atoms with van der Waals surface area (Å²) in [4.78, 5) is 0. The van der Waals surface area contributed by atoms with E-state index >= 15 is 0 Å². The standard InChI is InChI=1S/C96H158O4/c1-17-36-74(10)44-25-29-48-82(60-56-78(14)40-21-5)70-98-88-64-85(63-87(67-88)97-69-81(47-28-24-43-73(8)9)59-55-77(13)39-20-4)95-91-51-32-34-53-93(91)96(94-54-35-33-52-92(94)95)86-65-89(99-71-83(61-57-79(15)41-22-6)49-30-26-45-75(11)37-18-2)68-90(66-86)100-72-84(62-58-80(16)42-23-7)50-31-27-46-76(12)38-19-3/h32-35,51-54,63-68,73-84H,17-31,36-50,55-62,69-72H2,1-16H3. The highest BCUT2D eigenvalue weighted by Gasteiger charge is 2.24. The molecule has 0 aromatic heterocycles. The molecule has 0 heterocycles. The van der Waals surface area contributed by atoms with Gasteiger partial charge in [-0.05, 0) is 190 Å². The van der Waals surface area contributed by atoms with E-state index in [1.165, 1.54) is 277 Å². The molecule has 0 amide bonds. The van der Waals surface area contributed by atoms with Crippen LogP contribution in [0, 0.1) is 71.0 Å². The molecule has 0 saturated heterocycles. The van der Waals surface area contributed by atoms with E-state index in [0.717, 1.165) is 108 Å². The van der Waals surface area contributed by atoms with Gasteiger partial charge < -0.3 is 18.9 Å². The molecule has 5 rings (SSSR count). The normalized spacial score (nSPS) is 15.3. The second kappa shape index (κ2) is 51.1. The highest BCUT2D eigenvalue weighted by molar-refractivity contribution is 6.21. The molecule has 566 valence electrons. The molecular weight excluding hydrogens is 1220 g/mol. The molecule has 0 aliphatic carbocycles. The molecule has 0 saturated carbocycles. The van der Waals surface area contributed by atoms with Gasteiger partial charge >= 0.3 is 0 Å². The van der Waals surface area contributed by atoms with Gasteiger partial charge in [-0.2, -0.15) is 0 Å². The Morgan fingerprint density at radius 3 is 0.660 bits per heavy atom. The molecule has 11 unspecified atom stereocenters. The number of fused-ring (bicyclic) bond motifs is 2. The van der Waals surface area contributed by atoms with Gasteiger partial charge in [-0.15, -0.1) is 0 Å². The van der Waals surface area contributed by atoms with Gasteiger partial charge in [0.15, 0.2) is 0 Å². The van der Waals surface area contributed by atoms with Crippen LogP contribution in [-0.2, 0) is 0 Å². The van der Waals surface area contributed by atoms with Crippen LogP contribution in [0.1, 0.15) is 355 Å². The van der Waals surface area contributed by atoms with E-state index in [1.807, 2.05) is 0 Å². The van der Waals surface area contributed by atoms with Crippen molar-refractivity contribution < 1.29 is 18.9 Å². The molecule has 0 spiro atoms. The number of unbranched alkanes of at least 4 members (excludes halogenated alkanes) is 4. The Kier molecular flexibility index (Phi) is 44.2. The van der Waals surface area contributed by atoms with E-state index in [9.17, 15) is 0 Å². The van der Waals surface area contributed by atoms with E-state index in [4.69, 9.17) is 18.9 Å². The zero-order valence-corrected chi connectivity index (χ0v) is 68.3. The van der Waals surface area contributed by atoms with Gasteiger partial charge in [-0.1, -0.05) is 352 Å². The third-order valence-corrected chi connectivity index (χ3v) is 23.3. The zero-order valence-electron chi connectivity index (χ0n) is 68.3. The van der Waals surface area contributed by atoms with Crippen molar-refractivity contribution in [2.75, 3.05) is 26.4 Å². The maximum absolute atomic E-state index is 7.29. The smallest absolute Gasteiger partial charge is 0.123 e. The van der Waals surface area contributed by atoms with E-state index in [-0.39, 0.29) is 0 Å². The SMILES string of the molecule is CCCC(C)CCCCC(CCC(C)CCC)COc1cc(OCC(CCCCC(C)C)CCC(C)CCC)cc(-c2c3ccccc3c(-c3cc(OCC(CCCCC(C)CCC)CCC(C)CCC)cc(OCC(CCCCC(C)CCC)CCC(C)CCC)c3)c3ccccc23)c1. The van der Waals surface area contributed by atoms with Crippen LogP contribution in [0.3, 0.4) is 0 Å². The van der Waals surface area contributed by atoms with E-state index in [1.54, 1.807) is 0 Å². The summed E-state index contributed by atoms with van der Waals surface area (Å²) in [7, 11) is 0. The van der Waals surface area contributed by atoms with Crippen LogP contribution in [0.15, 0.2) is 84.9 Å². The van der Waals surface area contributed by atoms with Crippen molar-refractivity contribution in [1.82, 2.24) is 0 Å². The Morgan fingerprint density at radius 2 is 0.440 bits per heavy atom. The lowest BCUT2D eigenvalue weighted by Crippen LogP contribution is -2.15. The van der Waals surface area contributed by atoms with Gasteiger partial charge in [0.1, 0.15) is 23.0 Å². The lowest BCUT2D eigenvalue weighted by Gasteiger charge is -2.23. The van der Waals surface area contributed by atoms with Crippen molar-refractivity contribution in [3.8, 4) is 45.3 Å². The molecule has 11 atom stereocenters. The molecule has 0 fully saturated rings. The van der Waals surface area contributed by atoms with Gasteiger partial charge in [0.25, 0.3) is 0 Å². The maximum atomic E-state index is 7.29. The average Bonchev–Trinajstić information content (AvgIpc) is 0.735. The minimum absolute atomic E-state index is 0.512. The van der Waals surface area contributed by atoms with Gasteiger partial charge in [0.2, 0.25) is 0 Å². The van der Waals surface area contributed by atoms with E-state index in [0.29, 0.717) is 23.7 Å². The number of hydrogen-bond donors (Lipinski definition) is 0. The third-order valence-electron chi connectivity index (χ3n) is 23.3. The van der Waals surface area contributed by atoms with Crippen molar-refractivity contribution in [3.05, 3.63) is 84.9 Å². The molecule has 0 aliphatic rings. The molecule has 0 radical (unpaired) electrons. The minimum atomic E-state index is 0.512. The summed E-state index contributed by atoms with van der Waals surface area (Å²) in [6.07, 6.45) is 48.4. The van der Waals surface area contributed by atoms with Crippen molar-refractivity contribution in [3.63, 3.8) is 0 Å². The summed E-state index contributed by atoms with van der Waals surface area (Å²) in [6, 6.07) is 32.5. The third kappa shape index (κ3) is 33.7. The van der Waals surface area contributed by atoms with E-state index in [2.05, 4.69) is 196 Å². The minimum Gasteiger partial charge on any atom is -0.493 e. The second-order valence-electron chi connectivity index (χ2n) is 34.0. The molecule has 5 aromatic carbocycles. The van der Waals surface area contributed by atoms with Crippen molar-refractivity contribution in [2.24, 2.45) is 71.0 Å². The van der Waals surface area contributed by atoms with Crippen molar-refractivity contribution >= 4 is 21.5 Å². The largest absolute Gasteiger partial charge is 0.493 e. The quantitative estimate of drug-likeness (QED) is 0.0287. The molecular formula is C96H158O4. The molecule has 4 heteroatoms. The van der Waals surface area contributed by atoms with Crippen LogP contribution in [0.4, 0.5) is 0 Å². The van der Waals surface area contributed by atoms with Crippen molar-refractivity contribution in [2.45, 2.75) is 355 Å². The van der Waals surface area contributed by atoms with Gasteiger partial charge in [0, 0.05) is 12.1 Å². The number of ether oxygens (including phenoxy) is 4. The highest BCUT2D eigenvalue weighted by atomic mass is 16.5. The molecule has 100 heavy (non-hydrogen) atoms. The first-order valence-electron chi connectivity index (χ1n) is 43.3. The average molecular weight is 1380 g/mol. The Balaban J connectivity index is 1.68. The summed E-state index contributed by atoms with van der Waals surface area (Å²) in [6.45, 7) is 41.3. The highest BCUT2D eigenvalue weighted by Crippen LogP contribution is 2.47.